The van der Waals surface area contributed by atoms with E-state index in [9.17, 15) is 0 Å². The van der Waals surface area contributed by atoms with Crippen LogP contribution >= 0.6 is 0 Å². The molecule has 0 fully saturated rings. The highest BCUT2D eigenvalue weighted by Crippen LogP contribution is 2.11. The Hall–Kier alpha value is -0.790. The standard InChI is InChI=1S/C10H18N2/c1-4-6-7-9-8-11-12(3)10(9)5-2/h8H,4-7H2,1-3H3. The number of rotatable bonds is 4. The van der Waals surface area contributed by atoms with E-state index in [2.05, 4.69) is 18.9 Å². The van der Waals surface area contributed by atoms with Crippen LogP contribution in [0, 0.1) is 0 Å². The van der Waals surface area contributed by atoms with Gasteiger partial charge in [-0.2, -0.15) is 5.10 Å². The van der Waals surface area contributed by atoms with E-state index in [1.54, 1.807) is 0 Å². The Morgan fingerprint density at radius 1 is 1.42 bits per heavy atom. The molecule has 0 spiro atoms. The SMILES string of the molecule is CCCCc1cnn(C)c1CC. The maximum Gasteiger partial charge on any atom is 0.0524 e. The molecule has 1 heterocycles. The van der Waals surface area contributed by atoms with Crippen LogP contribution in [0.1, 0.15) is 37.9 Å². The van der Waals surface area contributed by atoms with Crippen molar-refractivity contribution in [3.63, 3.8) is 0 Å². The van der Waals surface area contributed by atoms with Crippen LogP contribution in [0.3, 0.4) is 0 Å². The number of nitrogens with zero attached hydrogens (tertiary/aromatic N) is 2. The average molecular weight is 166 g/mol. The van der Waals surface area contributed by atoms with E-state index in [-0.39, 0.29) is 0 Å². The molecular formula is C10H18N2. The first-order chi connectivity index (χ1) is 5.79. The second-order valence-corrected chi connectivity index (χ2v) is 3.20. The Morgan fingerprint density at radius 3 is 2.75 bits per heavy atom. The zero-order valence-electron chi connectivity index (χ0n) is 8.30. The summed E-state index contributed by atoms with van der Waals surface area (Å²) in [4.78, 5) is 0. The molecule has 0 aromatic carbocycles. The quantitative estimate of drug-likeness (QED) is 0.671. The summed E-state index contributed by atoms with van der Waals surface area (Å²) in [7, 11) is 2.02. The molecule has 0 aliphatic rings. The second kappa shape index (κ2) is 4.29. The third kappa shape index (κ3) is 1.87. The fourth-order valence-corrected chi connectivity index (χ4v) is 1.54. The fourth-order valence-electron chi connectivity index (χ4n) is 1.54. The van der Waals surface area contributed by atoms with Crippen molar-refractivity contribution in [3.8, 4) is 0 Å². The monoisotopic (exact) mass is 166 g/mol. The maximum absolute atomic E-state index is 4.26. The predicted molar refractivity (Wildman–Crippen MR) is 51.2 cm³/mol. The molecule has 0 bridgehead atoms. The van der Waals surface area contributed by atoms with Crippen molar-refractivity contribution in [3.05, 3.63) is 17.5 Å². The van der Waals surface area contributed by atoms with Gasteiger partial charge in [-0.1, -0.05) is 20.3 Å². The molecule has 0 aliphatic carbocycles. The zero-order valence-corrected chi connectivity index (χ0v) is 8.30. The van der Waals surface area contributed by atoms with Crippen molar-refractivity contribution >= 4 is 0 Å². The molecule has 1 rings (SSSR count). The molecule has 0 atom stereocenters. The molecular weight excluding hydrogens is 148 g/mol. The predicted octanol–water partition coefficient (Wildman–Crippen LogP) is 2.33. The summed E-state index contributed by atoms with van der Waals surface area (Å²) in [5.41, 5.74) is 2.82. The Balaban J connectivity index is 2.70. The lowest BCUT2D eigenvalue weighted by atomic mass is 10.1. The van der Waals surface area contributed by atoms with Gasteiger partial charge in [0, 0.05) is 12.7 Å². The summed E-state index contributed by atoms with van der Waals surface area (Å²) in [6.45, 7) is 4.41. The Kier molecular flexibility index (Phi) is 3.32. The second-order valence-electron chi connectivity index (χ2n) is 3.20. The Morgan fingerprint density at radius 2 is 2.17 bits per heavy atom. The van der Waals surface area contributed by atoms with Gasteiger partial charge < -0.3 is 0 Å². The summed E-state index contributed by atoms with van der Waals surface area (Å²) in [5.74, 6) is 0. The van der Waals surface area contributed by atoms with Crippen LogP contribution < -0.4 is 0 Å². The highest BCUT2D eigenvalue weighted by atomic mass is 15.3. The highest BCUT2D eigenvalue weighted by Gasteiger charge is 2.04. The minimum atomic E-state index is 1.09. The van der Waals surface area contributed by atoms with E-state index in [0.717, 1.165) is 6.42 Å². The minimum absolute atomic E-state index is 1.09. The maximum atomic E-state index is 4.26. The van der Waals surface area contributed by atoms with Crippen molar-refractivity contribution in [2.45, 2.75) is 39.5 Å². The third-order valence-electron chi connectivity index (χ3n) is 2.28. The van der Waals surface area contributed by atoms with Gasteiger partial charge in [-0.15, -0.1) is 0 Å². The lowest BCUT2D eigenvalue weighted by molar-refractivity contribution is 0.709. The van der Waals surface area contributed by atoms with Crippen LogP contribution in [-0.2, 0) is 19.9 Å². The molecule has 0 amide bonds. The van der Waals surface area contributed by atoms with Crippen LogP contribution in [-0.4, -0.2) is 9.78 Å². The van der Waals surface area contributed by atoms with Gasteiger partial charge in [-0.25, -0.2) is 0 Å². The fraction of sp³-hybridized carbons (Fsp3) is 0.700. The molecule has 68 valence electrons. The summed E-state index contributed by atoms with van der Waals surface area (Å²) in [6, 6.07) is 0. The zero-order chi connectivity index (χ0) is 8.97. The van der Waals surface area contributed by atoms with Gasteiger partial charge >= 0.3 is 0 Å². The smallest absolute Gasteiger partial charge is 0.0524 e. The highest BCUT2D eigenvalue weighted by molar-refractivity contribution is 5.17. The lowest BCUT2D eigenvalue weighted by Crippen LogP contribution is -1.98. The summed E-state index contributed by atoms with van der Waals surface area (Å²) < 4.78 is 1.99. The Labute approximate surface area is 74.6 Å². The number of hydrogen-bond donors (Lipinski definition) is 0. The number of hydrogen-bond acceptors (Lipinski definition) is 1. The normalized spacial score (nSPS) is 10.6. The van der Waals surface area contributed by atoms with E-state index < -0.39 is 0 Å². The molecule has 12 heavy (non-hydrogen) atoms. The molecule has 2 nitrogen and oxygen atoms in total. The van der Waals surface area contributed by atoms with Gasteiger partial charge in [0.1, 0.15) is 0 Å². The first-order valence-corrected chi connectivity index (χ1v) is 4.79. The summed E-state index contributed by atoms with van der Waals surface area (Å²) in [5, 5.41) is 4.26. The largest absolute Gasteiger partial charge is 0.272 e. The van der Waals surface area contributed by atoms with Crippen molar-refractivity contribution in [1.82, 2.24) is 9.78 Å². The molecule has 0 N–H and O–H groups in total. The topological polar surface area (TPSA) is 17.8 Å². The molecule has 0 unspecified atom stereocenters. The first kappa shape index (κ1) is 9.30. The van der Waals surface area contributed by atoms with E-state index >= 15 is 0 Å². The van der Waals surface area contributed by atoms with Crippen molar-refractivity contribution in [2.75, 3.05) is 0 Å². The first-order valence-electron chi connectivity index (χ1n) is 4.79. The number of aromatic nitrogens is 2. The van der Waals surface area contributed by atoms with E-state index in [1.165, 1.54) is 30.5 Å². The third-order valence-corrected chi connectivity index (χ3v) is 2.28. The van der Waals surface area contributed by atoms with Crippen molar-refractivity contribution in [2.24, 2.45) is 7.05 Å². The summed E-state index contributed by atoms with van der Waals surface area (Å²) in [6.07, 6.45) is 6.83. The van der Waals surface area contributed by atoms with Gasteiger partial charge in [0.2, 0.25) is 0 Å². The molecule has 2 heteroatoms. The average Bonchev–Trinajstić information content (AvgIpc) is 2.43. The summed E-state index contributed by atoms with van der Waals surface area (Å²) >= 11 is 0. The van der Waals surface area contributed by atoms with Crippen LogP contribution in [0.2, 0.25) is 0 Å². The van der Waals surface area contributed by atoms with Crippen LogP contribution in [0.25, 0.3) is 0 Å². The molecule has 0 saturated heterocycles. The van der Waals surface area contributed by atoms with Crippen LogP contribution in [0.15, 0.2) is 6.20 Å². The lowest BCUT2D eigenvalue weighted by Gasteiger charge is -2.01. The van der Waals surface area contributed by atoms with Gasteiger partial charge in [-0.05, 0) is 24.8 Å². The number of unbranched alkanes of at least 4 members (excludes halogenated alkanes) is 1. The molecule has 0 aliphatic heterocycles. The van der Waals surface area contributed by atoms with E-state index in [1.807, 2.05) is 17.9 Å². The molecule has 0 radical (unpaired) electrons. The molecule has 1 aromatic heterocycles. The van der Waals surface area contributed by atoms with Crippen LogP contribution in [0.5, 0.6) is 0 Å². The van der Waals surface area contributed by atoms with Crippen molar-refractivity contribution in [1.29, 1.82) is 0 Å². The minimum Gasteiger partial charge on any atom is -0.272 e. The van der Waals surface area contributed by atoms with Gasteiger partial charge in [0.25, 0.3) is 0 Å². The molecule has 0 saturated carbocycles. The van der Waals surface area contributed by atoms with Crippen LogP contribution in [0.4, 0.5) is 0 Å². The van der Waals surface area contributed by atoms with Gasteiger partial charge in [0.15, 0.2) is 0 Å². The van der Waals surface area contributed by atoms with Gasteiger partial charge in [0.05, 0.1) is 6.20 Å². The molecule has 1 aromatic rings. The Bertz CT molecular complexity index is 238. The van der Waals surface area contributed by atoms with E-state index in [0.29, 0.717) is 0 Å². The number of aryl methyl sites for hydroxylation is 2. The van der Waals surface area contributed by atoms with E-state index in [4.69, 9.17) is 0 Å². The van der Waals surface area contributed by atoms with Gasteiger partial charge in [-0.3, -0.25) is 4.68 Å². The van der Waals surface area contributed by atoms with Crippen molar-refractivity contribution < 1.29 is 0 Å².